The van der Waals surface area contributed by atoms with Gasteiger partial charge in [-0.1, -0.05) is 18.5 Å². The van der Waals surface area contributed by atoms with E-state index in [9.17, 15) is 4.39 Å². The SMILES string of the molecule is CCNCc1cc(C)nc(Oc2cc(F)c(Cl)cc2Br)c1. The lowest BCUT2D eigenvalue weighted by molar-refractivity contribution is 0.453. The van der Waals surface area contributed by atoms with E-state index >= 15 is 0 Å². The van der Waals surface area contributed by atoms with Crippen LogP contribution in [0.15, 0.2) is 28.7 Å². The van der Waals surface area contributed by atoms with Crippen molar-refractivity contribution in [3.63, 3.8) is 0 Å². The molecule has 0 aliphatic heterocycles. The monoisotopic (exact) mass is 372 g/mol. The van der Waals surface area contributed by atoms with Gasteiger partial charge in [-0.3, -0.25) is 0 Å². The highest BCUT2D eigenvalue weighted by Gasteiger charge is 2.10. The number of nitrogens with zero attached hydrogens (tertiary/aromatic N) is 1. The van der Waals surface area contributed by atoms with Gasteiger partial charge in [0.1, 0.15) is 11.6 Å². The van der Waals surface area contributed by atoms with Crippen LogP contribution in [-0.2, 0) is 6.54 Å². The van der Waals surface area contributed by atoms with Crippen molar-refractivity contribution in [2.24, 2.45) is 0 Å². The van der Waals surface area contributed by atoms with Crippen LogP contribution in [0.2, 0.25) is 5.02 Å². The average molecular weight is 374 g/mol. The Kier molecular flexibility index (Phi) is 5.56. The molecule has 1 N–H and O–H groups in total. The van der Waals surface area contributed by atoms with Gasteiger partial charge in [-0.15, -0.1) is 0 Å². The fourth-order valence-electron chi connectivity index (χ4n) is 1.83. The van der Waals surface area contributed by atoms with Gasteiger partial charge in [0, 0.05) is 24.4 Å². The van der Waals surface area contributed by atoms with E-state index in [0.29, 0.717) is 16.1 Å². The normalized spacial score (nSPS) is 10.7. The van der Waals surface area contributed by atoms with Crippen molar-refractivity contribution in [1.82, 2.24) is 10.3 Å². The molecule has 1 aromatic heterocycles. The van der Waals surface area contributed by atoms with E-state index in [2.05, 4.69) is 26.2 Å². The van der Waals surface area contributed by atoms with Gasteiger partial charge in [0.05, 0.1) is 9.50 Å². The van der Waals surface area contributed by atoms with Gasteiger partial charge in [0.25, 0.3) is 0 Å². The summed E-state index contributed by atoms with van der Waals surface area (Å²) in [6.07, 6.45) is 0. The van der Waals surface area contributed by atoms with Crippen LogP contribution in [0.5, 0.6) is 11.6 Å². The molecule has 0 saturated carbocycles. The summed E-state index contributed by atoms with van der Waals surface area (Å²) in [5, 5.41) is 3.28. The summed E-state index contributed by atoms with van der Waals surface area (Å²) in [4.78, 5) is 4.30. The number of aromatic nitrogens is 1. The molecule has 0 fully saturated rings. The Morgan fingerprint density at radius 2 is 2.10 bits per heavy atom. The summed E-state index contributed by atoms with van der Waals surface area (Å²) < 4.78 is 19.8. The van der Waals surface area contributed by atoms with Gasteiger partial charge in [-0.05, 0) is 47.1 Å². The third-order valence-electron chi connectivity index (χ3n) is 2.76. The number of hydrogen-bond donors (Lipinski definition) is 1. The molecule has 0 aliphatic rings. The standard InChI is InChI=1S/C15H15BrClFN2O/c1-3-19-8-10-4-9(2)20-15(5-10)21-14-7-13(18)12(17)6-11(14)16/h4-7,19H,3,8H2,1-2H3. The first-order chi connectivity index (χ1) is 9.99. The van der Waals surface area contributed by atoms with Crippen LogP contribution < -0.4 is 10.1 Å². The third kappa shape index (κ3) is 4.40. The summed E-state index contributed by atoms with van der Waals surface area (Å²) in [5.74, 6) is 0.227. The molecule has 21 heavy (non-hydrogen) atoms. The van der Waals surface area contributed by atoms with E-state index < -0.39 is 5.82 Å². The molecule has 112 valence electrons. The molecule has 1 aromatic carbocycles. The zero-order chi connectivity index (χ0) is 15.4. The maximum atomic E-state index is 13.5. The Morgan fingerprint density at radius 1 is 1.33 bits per heavy atom. The van der Waals surface area contributed by atoms with Gasteiger partial charge in [0.15, 0.2) is 0 Å². The molecule has 0 amide bonds. The highest BCUT2D eigenvalue weighted by molar-refractivity contribution is 9.10. The molecular weight excluding hydrogens is 359 g/mol. The number of aryl methyl sites for hydroxylation is 1. The van der Waals surface area contributed by atoms with Gasteiger partial charge in [-0.2, -0.15) is 0 Å². The number of halogens is 3. The molecule has 0 spiro atoms. The summed E-state index contributed by atoms with van der Waals surface area (Å²) in [6, 6.07) is 6.50. The topological polar surface area (TPSA) is 34.2 Å². The van der Waals surface area contributed by atoms with Crippen molar-refractivity contribution in [1.29, 1.82) is 0 Å². The Balaban J connectivity index is 2.27. The van der Waals surface area contributed by atoms with Crippen LogP contribution in [0.1, 0.15) is 18.2 Å². The van der Waals surface area contributed by atoms with Gasteiger partial charge >= 0.3 is 0 Å². The first-order valence-electron chi connectivity index (χ1n) is 6.50. The predicted octanol–water partition coefficient (Wildman–Crippen LogP) is 4.85. The van der Waals surface area contributed by atoms with Crippen molar-refractivity contribution < 1.29 is 9.13 Å². The molecule has 6 heteroatoms. The molecule has 0 atom stereocenters. The highest BCUT2D eigenvalue weighted by Crippen LogP contribution is 2.33. The minimum atomic E-state index is -0.532. The van der Waals surface area contributed by atoms with Crippen molar-refractivity contribution >= 4 is 27.5 Å². The number of ether oxygens (including phenoxy) is 1. The van der Waals surface area contributed by atoms with E-state index in [1.54, 1.807) is 0 Å². The second kappa shape index (κ2) is 7.20. The fourth-order valence-corrected chi connectivity index (χ4v) is 2.55. The molecule has 0 radical (unpaired) electrons. The zero-order valence-electron chi connectivity index (χ0n) is 11.7. The maximum Gasteiger partial charge on any atom is 0.219 e. The van der Waals surface area contributed by atoms with Crippen LogP contribution in [0.25, 0.3) is 0 Å². The molecule has 0 saturated heterocycles. The van der Waals surface area contributed by atoms with Crippen LogP contribution in [-0.4, -0.2) is 11.5 Å². The van der Waals surface area contributed by atoms with E-state index in [-0.39, 0.29) is 5.02 Å². The molecule has 0 bridgehead atoms. The van der Waals surface area contributed by atoms with Gasteiger partial charge < -0.3 is 10.1 Å². The Morgan fingerprint density at radius 3 is 2.81 bits per heavy atom. The number of pyridine rings is 1. The Hall–Kier alpha value is -1.17. The summed E-state index contributed by atoms with van der Waals surface area (Å²) >= 11 is 9.01. The lowest BCUT2D eigenvalue weighted by Gasteiger charge is -2.10. The molecule has 2 rings (SSSR count). The molecule has 2 aromatic rings. The van der Waals surface area contributed by atoms with Gasteiger partial charge in [-0.25, -0.2) is 9.37 Å². The van der Waals surface area contributed by atoms with Gasteiger partial charge in [0.2, 0.25) is 5.88 Å². The summed E-state index contributed by atoms with van der Waals surface area (Å²) in [5.41, 5.74) is 1.90. The lowest BCUT2D eigenvalue weighted by Crippen LogP contribution is -2.12. The Labute approximate surface area is 136 Å². The summed E-state index contributed by atoms with van der Waals surface area (Å²) in [6.45, 7) is 5.54. The number of hydrogen-bond acceptors (Lipinski definition) is 3. The lowest BCUT2D eigenvalue weighted by atomic mass is 10.2. The largest absolute Gasteiger partial charge is 0.438 e. The quantitative estimate of drug-likeness (QED) is 0.761. The third-order valence-corrected chi connectivity index (χ3v) is 3.67. The van der Waals surface area contributed by atoms with Crippen LogP contribution in [0, 0.1) is 12.7 Å². The predicted molar refractivity (Wildman–Crippen MR) is 85.5 cm³/mol. The second-order valence-corrected chi connectivity index (χ2v) is 5.80. The Bertz CT molecular complexity index is 652. The van der Waals surface area contributed by atoms with E-state index in [0.717, 1.165) is 24.3 Å². The van der Waals surface area contributed by atoms with Crippen molar-refractivity contribution in [2.45, 2.75) is 20.4 Å². The molecule has 0 aliphatic carbocycles. The number of rotatable bonds is 5. The summed E-state index contributed by atoms with van der Waals surface area (Å²) in [7, 11) is 0. The highest BCUT2D eigenvalue weighted by atomic mass is 79.9. The maximum absolute atomic E-state index is 13.5. The van der Waals surface area contributed by atoms with E-state index in [1.165, 1.54) is 12.1 Å². The minimum Gasteiger partial charge on any atom is -0.438 e. The van der Waals surface area contributed by atoms with Crippen LogP contribution >= 0.6 is 27.5 Å². The number of benzene rings is 1. The molecule has 3 nitrogen and oxygen atoms in total. The van der Waals surface area contributed by atoms with E-state index in [4.69, 9.17) is 16.3 Å². The smallest absolute Gasteiger partial charge is 0.219 e. The van der Waals surface area contributed by atoms with Crippen molar-refractivity contribution in [3.05, 3.63) is 50.8 Å². The zero-order valence-corrected chi connectivity index (χ0v) is 14.1. The fraction of sp³-hybridized carbons (Fsp3) is 0.267. The first kappa shape index (κ1) is 16.2. The van der Waals surface area contributed by atoms with Crippen LogP contribution in [0.3, 0.4) is 0 Å². The molecular formula is C15H15BrClFN2O. The average Bonchev–Trinajstić information content (AvgIpc) is 2.42. The van der Waals surface area contributed by atoms with E-state index in [1.807, 2.05) is 26.0 Å². The second-order valence-electron chi connectivity index (χ2n) is 4.53. The number of nitrogens with one attached hydrogen (secondary N) is 1. The van der Waals surface area contributed by atoms with Crippen molar-refractivity contribution in [2.75, 3.05) is 6.54 Å². The molecule has 1 heterocycles. The van der Waals surface area contributed by atoms with Crippen LogP contribution in [0.4, 0.5) is 4.39 Å². The molecule has 0 unspecified atom stereocenters. The van der Waals surface area contributed by atoms with Crippen molar-refractivity contribution in [3.8, 4) is 11.6 Å². The first-order valence-corrected chi connectivity index (χ1v) is 7.67. The minimum absolute atomic E-state index is 0.0410.